The maximum atomic E-state index is 12.8. The minimum Gasteiger partial charge on any atom is -0.326 e. The smallest absolute Gasteiger partial charge is 0.264 e. The molecule has 1 saturated carbocycles. The van der Waals surface area contributed by atoms with E-state index in [1.165, 1.54) is 24.5 Å². The van der Waals surface area contributed by atoms with Crippen LogP contribution in [-0.2, 0) is 14.8 Å². The van der Waals surface area contributed by atoms with Crippen LogP contribution in [-0.4, -0.2) is 29.3 Å². The second-order valence-corrected chi connectivity index (χ2v) is 9.76. The number of amides is 1. The molecule has 1 aliphatic carbocycles. The number of fused-ring (bicyclic) bond motifs is 1. The van der Waals surface area contributed by atoms with Gasteiger partial charge in [0.1, 0.15) is 0 Å². The van der Waals surface area contributed by atoms with Crippen molar-refractivity contribution in [2.24, 2.45) is 5.92 Å². The van der Waals surface area contributed by atoms with Crippen molar-refractivity contribution < 1.29 is 13.2 Å². The summed E-state index contributed by atoms with van der Waals surface area (Å²) in [6.07, 6.45) is 7.25. The van der Waals surface area contributed by atoms with Gasteiger partial charge in [0, 0.05) is 41.8 Å². The summed E-state index contributed by atoms with van der Waals surface area (Å²) in [5, 5.41) is 5.09. The van der Waals surface area contributed by atoms with Crippen LogP contribution in [0, 0.1) is 12.8 Å². The van der Waals surface area contributed by atoms with Gasteiger partial charge in [-0.05, 0) is 66.1 Å². The van der Waals surface area contributed by atoms with Gasteiger partial charge in [0.05, 0.1) is 4.90 Å². The van der Waals surface area contributed by atoms with Gasteiger partial charge in [0.15, 0.2) is 0 Å². The van der Waals surface area contributed by atoms with Crippen LogP contribution < -0.4 is 10.0 Å². The molecule has 1 amide bonds. The highest BCUT2D eigenvalue weighted by atomic mass is 32.2. The van der Waals surface area contributed by atoms with Crippen molar-refractivity contribution in [2.45, 2.75) is 24.2 Å². The summed E-state index contributed by atoms with van der Waals surface area (Å²) in [6, 6.07) is 14.0. The first kappa shape index (κ1) is 21.0. The minimum atomic E-state index is -3.79. The number of carbonyl (C=O) groups is 1. The summed E-state index contributed by atoms with van der Waals surface area (Å²) in [6.45, 7) is 1.99. The van der Waals surface area contributed by atoms with E-state index >= 15 is 0 Å². The first-order chi connectivity index (χ1) is 15.9. The molecule has 2 aromatic carbocycles. The average molecular weight is 460 g/mol. The van der Waals surface area contributed by atoms with Crippen LogP contribution in [0.4, 0.5) is 11.6 Å². The summed E-state index contributed by atoms with van der Waals surface area (Å²) in [5.41, 5.74) is 2.74. The number of nitrogens with one attached hydrogen (secondary N) is 2. The van der Waals surface area contributed by atoms with E-state index in [4.69, 9.17) is 0 Å². The number of benzene rings is 2. The molecule has 1 aliphatic rings. The number of nitrogens with zero attached hydrogens (tertiary/aromatic N) is 3. The molecule has 0 spiro atoms. The number of rotatable bonds is 6. The monoisotopic (exact) mass is 459 g/mol. The molecule has 0 saturated heterocycles. The largest absolute Gasteiger partial charge is 0.326 e. The molecule has 4 aromatic rings. The summed E-state index contributed by atoms with van der Waals surface area (Å²) in [7, 11) is -3.79. The molecular formula is C24H21N5O3S. The van der Waals surface area contributed by atoms with Crippen molar-refractivity contribution in [1.29, 1.82) is 0 Å². The van der Waals surface area contributed by atoms with Crippen LogP contribution in [0.3, 0.4) is 0 Å². The van der Waals surface area contributed by atoms with Crippen LogP contribution >= 0.6 is 0 Å². The molecule has 0 bridgehead atoms. The van der Waals surface area contributed by atoms with Gasteiger partial charge in [0.25, 0.3) is 10.0 Å². The summed E-state index contributed by atoms with van der Waals surface area (Å²) < 4.78 is 27.4. The zero-order valence-electron chi connectivity index (χ0n) is 17.8. The van der Waals surface area contributed by atoms with E-state index in [1.54, 1.807) is 30.6 Å². The molecule has 9 heteroatoms. The lowest BCUT2D eigenvalue weighted by molar-refractivity contribution is -0.117. The van der Waals surface area contributed by atoms with Gasteiger partial charge in [0.2, 0.25) is 11.9 Å². The van der Waals surface area contributed by atoms with Crippen LogP contribution in [0.2, 0.25) is 0 Å². The van der Waals surface area contributed by atoms with Crippen molar-refractivity contribution in [3.05, 3.63) is 84.4 Å². The number of hydrogen-bond acceptors (Lipinski definition) is 6. The number of carbonyl (C=O) groups excluding carboxylic acids is 1. The van der Waals surface area contributed by atoms with Crippen molar-refractivity contribution in [3.63, 3.8) is 0 Å². The highest BCUT2D eigenvalue weighted by Crippen LogP contribution is 2.48. The Hall–Kier alpha value is -3.85. The Balaban J connectivity index is 1.25. The lowest BCUT2D eigenvalue weighted by Crippen LogP contribution is -2.15. The second kappa shape index (κ2) is 8.25. The Morgan fingerprint density at radius 3 is 2.55 bits per heavy atom. The maximum absolute atomic E-state index is 12.8. The van der Waals surface area contributed by atoms with Gasteiger partial charge in [-0.25, -0.2) is 23.1 Å². The minimum absolute atomic E-state index is 0.0145. The number of pyridine rings is 1. The lowest BCUT2D eigenvalue weighted by atomic mass is 10.1. The average Bonchev–Trinajstić information content (AvgIpc) is 3.61. The van der Waals surface area contributed by atoms with Crippen LogP contribution in [0.5, 0.6) is 0 Å². The fourth-order valence-corrected chi connectivity index (χ4v) is 4.86. The van der Waals surface area contributed by atoms with E-state index in [-0.39, 0.29) is 28.6 Å². The fourth-order valence-electron chi connectivity index (χ4n) is 3.90. The lowest BCUT2D eigenvalue weighted by Gasteiger charge is -2.09. The quantitative estimate of drug-likeness (QED) is 0.452. The maximum Gasteiger partial charge on any atom is 0.264 e. The summed E-state index contributed by atoms with van der Waals surface area (Å²) >= 11 is 0. The van der Waals surface area contributed by atoms with Crippen LogP contribution in [0.25, 0.3) is 10.8 Å². The number of anilines is 2. The first-order valence-corrected chi connectivity index (χ1v) is 11.9. The predicted octanol–water partition coefficient (Wildman–Crippen LogP) is 3.88. The zero-order valence-corrected chi connectivity index (χ0v) is 18.6. The third-order valence-electron chi connectivity index (χ3n) is 5.76. The van der Waals surface area contributed by atoms with E-state index in [2.05, 4.69) is 25.0 Å². The SMILES string of the molecule is Cc1cncc2ccc(NC(=O)[C@@H]3C[C@H]3c3ccc(S(=O)(=O)Nc4ncccn4)cc3)cc12. The highest BCUT2D eigenvalue weighted by Gasteiger charge is 2.44. The van der Waals surface area contributed by atoms with Gasteiger partial charge >= 0.3 is 0 Å². The molecule has 5 rings (SSSR count). The summed E-state index contributed by atoms with van der Waals surface area (Å²) in [5.74, 6) is -0.0950. The number of aryl methyl sites for hydroxylation is 1. The highest BCUT2D eigenvalue weighted by molar-refractivity contribution is 7.92. The molecule has 2 atom stereocenters. The Bertz CT molecular complexity index is 1440. The van der Waals surface area contributed by atoms with Crippen molar-refractivity contribution in [3.8, 4) is 0 Å². The zero-order chi connectivity index (χ0) is 23.0. The van der Waals surface area contributed by atoms with Gasteiger partial charge in [-0.15, -0.1) is 0 Å². The Morgan fingerprint density at radius 1 is 1.03 bits per heavy atom. The molecule has 8 nitrogen and oxygen atoms in total. The molecular weight excluding hydrogens is 438 g/mol. The topological polar surface area (TPSA) is 114 Å². The van der Waals surface area contributed by atoms with E-state index in [9.17, 15) is 13.2 Å². The van der Waals surface area contributed by atoms with Crippen LogP contribution in [0.1, 0.15) is 23.5 Å². The Morgan fingerprint density at radius 2 is 1.79 bits per heavy atom. The van der Waals surface area contributed by atoms with E-state index in [0.29, 0.717) is 0 Å². The number of sulfonamides is 1. The normalized spacial score (nSPS) is 17.5. The van der Waals surface area contributed by atoms with Gasteiger partial charge < -0.3 is 5.32 Å². The van der Waals surface area contributed by atoms with E-state index < -0.39 is 10.0 Å². The van der Waals surface area contributed by atoms with Gasteiger partial charge in [-0.3, -0.25) is 9.78 Å². The molecule has 0 aliphatic heterocycles. The molecule has 1 fully saturated rings. The molecule has 33 heavy (non-hydrogen) atoms. The fraction of sp³-hybridized carbons (Fsp3) is 0.167. The van der Waals surface area contributed by atoms with Crippen molar-refractivity contribution in [2.75, 3.05) is 10.0 Å². The third kappa shape index (κ3) is 4.40. The van der Waals surface area contributed by atoms with Crippen molar-refractivity contribution >= 4 is 38.3 Å². The molecule has 166 valence electrons. The standard InChI is InChI=1S/C24H21N5O3S/c1-15-13-25-14-17-3-6-18(11-20(15)17)28-23(30)22-12-21(22)16-4-7-19(8-5-16)33(31,32)29-24-26-9-2-10-27-24/h2-11,13-14,21-22H,12H2,1H3,(H,28,30)(H,26,27,29)/t21-,22+/m0/s1. The Labute approximate surface area is 191 Å². The number of aromatic nitrogens is 3. The first-order valence-electron chi connectivity index (χ1n) is 10.5. The second-order valence-electron chi connectivity index (χ2n) is 8.08. The van der Waals surface area contributed by atoms with Gasteiger partial charge in [-0.1, -0.05) is 18.2 Å². The van der Waals surface area contributed by atoms with Crippen molar-refractivity contribution in [1.82, 2.24) is 15.0 Å². The third-order valence-corrected chi connectivity index (χ3v) is 7.11. The molecule has 2 N–H and O–H groups in total. The van der Waals surface area contributed by atoms with E-state index in [1.807, 2.05) is 25.1 Å². The molecule has 0 radical (unpaired) electrons. The van der Waals surface area contributed by atoms with Gasteiger partial charge in [-0.2, -0.15) is 0 Å². The van der Waals surface area contributed by atoms with Crippen LogP contribution in [0.15, 0.2) is 78.2 Å². The number of hydrogen-bond donors (Lipinski definition) is 2. The van der Waals surface area contributed by atoms with E-state index in [0.717, 1.165) is 34.0 Å². The molecule has 2 heterocycles. The molecule has 2 aromatic heterocycles. The Kier molecular flexibility index (Phi) is 5.26. The summed E-state index contributed by atoms with van der Waals surface area (Å²) in [4.78, 5) is 24.8. The molecule has 0 unspecified atom stereocenters. The predicted molar refractivity (Wildman–Crippen MR) is 125 cm³/mol.